The average molecular weight is 265 g/mol. The fourth-order valence-corrected chi connectivity index (χ4v) is 2.48. The first kappa shape index (κ1) is 16.0. The fraction of sp³-hybridized carbons (Fsp3) is 0.867. The second-order valence-corrected chi connectivity index (χ2v) is 5.88. The van der Waals surface area contributed by atoms with Crippen LogP contribution in [0.25, 0.3) is 0 Å². The van der Waals surface area contributed by atoms with E-state index in [0.717, 1.165) is 25.8 Å². The average Bonchev–Trinajstić information content (AvgIpc) is 2.61. The maximum atomic E-state index is 11.6. The van der Waals surface area contributed by atoms with Crippen LogP contribution in [0.1, 0.15) is 52.4 Å². The molecule has 0 saturated heterocycles. The van der Waals surface area contributed by atoms with Crippen molar-refractivity contribution in [2.75, 3.05) is 13.1 Å². The number of hydrogen-bond donors (Lipinski definition) is 2. The van der Waals surface area contributed by atoms with Crippen LogP contribution >= 0.6 is 0 Å². The molecule has 4 heteroatoms. The summed E-state index contributed by atoms with van der Waals surface area (Å²) in [7, 11) is 0. The number of nitriles is 1. The minimum absolute atomic E-state index is 0.100. The van der Waals surface area contributed by atoms with Gasteiger partial charge in [-0.3, -0.25) is 4.79 Å². The first-order valence-corrected chi connectivity index (χ1v) is 7.53. The van der Waals surface area contributed by atoms with Crippen LogP contribution in [0, 0.1) is 23.2 Å². The van der Waals surface area contributed by atoms with E-state index >= 15 is 0 Å². The van der Waals surface area contributed by atoms with Gasteiger partial charge >= 0.3 is 0 Å². The third kappa shape index (κ3) is 6.58. The summed E-state index contributed by atoms with van der Waals surface area (Å²) in [4.78, 5) is 11.6. The molecule has 0 aromatic rings. The maximum absolute atomic E-state index is 11.6. The van der Waals surface area contributed by atoms with Gasteiger partial charge in [0.25, 0.3) is 0 Å². The van der Waals surface area contributed by atoms with Gasteiger partial charge in [-0.15, -0.1) is 0 Å². The molecule has 1 saturated carbocycles. The van der Waals surface area contributed by atoms with Crippen molar-refractivity contribution in [3.05, 3.63) is 0 Å². The molecule has 2 N–H and O–H groups in total. The largest absolute Gasteiger partial charge is 0.356 e. The van der Waals surface area contributed by atoms with Crippen LogP contribution in [-0.4, -0.2) is 25.0 Å². The Kier molecular flexibility index (Phi) is 7.50. The van der Waals surface area contributed by atoms with Gasteiger partial charge in [0.2, 0.25) is 5.91 Å². The Bertz CT molecular complexity index is 309. The van der Waals surface area contributed by atoms with Gasteiger partial charge in [-0.05, 0) is 18.8 Å². The third-order valence-electron chi connectivity index (χ3n) is 3.65. The van der Waals surface area contributed by atoms with E-state index in [2.05, 4.69) is 30.6 Å². The van der Waals surface area contributed by atoms with Crippen LogP contribution in [0.2, 0.25) is 0 Å². The predicted molar refractivity (Wildman–Crippen MR) is 76.4 cm³/mol. The Hall–Kier alpha value is -1.08. The van der Waals surface area contributed by atoms with E-state index in [4.69, 9.17) is 0 Å². The van der Waals surface area contributed by atoms with Gasteiger partial charge in [-0.1, -0.05) is 33.1 Å². The van der Waals surface area contributed by atoms with Crippen LogP contribution in [0.5, 0.6) is 0 Å². The number of nitrogens with one attached hydrogen (secondary N) is 2. The number of amides is 1. The van der Waals surface area contributed by atoms with E-state index in [1.807, 2.05) is 0 Å². The molecule has 1 amide bonds. The fourth-order valence-electron chi connectivity index (χ4n) is 2.48. The summed E-state index contributed by atoms with van der Waals surface area (Å²) in [6.07, 6.45) is 6.13. The van der Waals surface area contributed by atoms with Crippen molar-refractivity contribution in [1.29, 1.82) is 5.26 Å². The predicted octanol–water partition coefficient (Wildman–Crippen LogP) is 2.21. The second-order valence-electron chi connectivity index (χ2n) is 5.88. The summed E-state index contributed by atoms with van der Waals surface area (Å²) < 4.78 is 0. The van der Waals surface area contributed by atoms with Crippen molar-refractivity contribution in [3.63, 3.8) is 0 Å². The Morgan fingerprint density at radius 3 is 2.74 bits per heavy atom. The van der Waals surface area contributed by atoms with Crippen LogP contribution < -0.4 is 10.6 Å². The zero-order valence-electron chi connectivity index (χ0n) is 12.2. The summed E-state index contributed by atoms with van der Waals surface area (Å²) in [5.74, 6) is 0.700. The van der Waals surface area contributed by atoms with Gasteiger partial charge in [-0.2, -0.15) is 5.26 Å². The molecule has 0 aliphatic heterocycles. The van der Waals surface area contributed by atoms with Gasteiger partial charge in [0.05, 0.1) is 12.0 Å². The van der Waals surface area contributed by atoms with Crippen molar-refractivity contribution in [2.24, 2.45) is 11.8 Å². The molecule has 2 atom stereocenters. The molecule has 0 aromatic heterocycles. The summed E-state index contributed by atoms with van der Waals surface area (Å²) in [5, 5.41) is 15.5. The number of nitrogens with zero attached hydrogens (tertiary/aromatic N) is 1. The van der Waals surface area contributed by atoms with E-state index in [9.17, 15) is 10.1 Å². The topological polar surface area (TPSA) is 64.9 Å². The quantitative estimate of drug-likeness (QED) is 0.724. The van der Waals surface area contributed by atoms with E-state index in [-0.39, 0.29) is 17.9 Å². The highest BCUT2D eigenvalue weighted by atomic mass is 16.1. The number of rotatable bonds is 6. The van der Waals surface area contributed by atoms with Crippen LogP contribution in [0.4, 0.5) is 0 Å². The number of carbonyl (C=O) groups is 1. The van der Waals surface area contributed by atoms with Crippen molar-refractivity contribution < 1.29 is 4.79 Å². The lowest BCUT2D eigenvalue weighted by atomic mass is 9.96. The Balaban J connectivity index is 2.23. The molecular weight excluding hydrogens is 238 g/mol. The molecule has 0 bridgehead atoms. The molecule has 0 radical (unpaired) electrons. The van der Waals surface area contributed by atoms with Gasteiger partial charge in [0, 0.05) is 25.6 Å². The lowest BCUT2D eigenvalue weighted by Crippen LogP contribution is -2.38. The lowest BCUT2D eigenvalue weighted by Gasteiger charge is -2.20. The zero-order valence-corrected chi connectivity index (χ0v) is 12.2. The van der Waals surface area contributed by atoms with E-state index in [1.54, 1.807) is 0 Å². The summed E-state index contributed by atoms with van der Waals surface area (Å²) in [6.45, 7) is 5.58. The van der Waals surface area contributed by atoms with E-state index < -0.39 is 0 Å². The molecule has 0 spiro atoms. The second kappa shape index (κ2) is 8.92. The van der Waals surface area contributed by atoms with Crippen molar-refractivity contribution in [1.82, 2.24) is 10.6 Å². The van der Waals surface area contributed by atoms with Gasteiger partial charge in [-0.25, -0.2) is 0 Å². The van der Waals surface area contributed by atoms with Crippen molar-refractivity contribution in [3.8, 4) is 6.07 Å². The highest BCUT2D eigenvalue weighted by Gasteiger charge is 2.22. The van der Waals surface area contributed by atoms with Crippen molar-refractivity contribution >= 4 is 5.91 Å². The minimum Gasteiger partial charge on any atom is -0.356 e. The van der Waals surface area contributed by atoms with Gasteiger partial charge in [0.15, 0.2) is 0 Å². The van der Waals surface area contributed by atoms with E-state index in [1.165, 1.54) is 12.8 Å². The standard InChI is InChI=1S/C15H27N3O/c1-12(2)11-18-15(19)8-9-17-14-7-5-3-4-6-13(14)10-16/h12-14,17H,3-9,11H2,1-2H3,(H,18,19). The molecule has 1 fully saturated rings. The molecule has 1 rings (SSSR count). The highest BCUT2D eigenvalue weighted by Crippen LogP contribution is 2.22. The number of carbonyl (C=O) groups excluding carboxylic acids is 1. The highest BCUT2D eigenvalue weighted by molar-refractivity contribution is 5.76. The van der Waals surface area contributed by atoms with Crippen LogP contribution in [-0.2, 0) is 4.79 Å². The number of hydrogen-bond acceptors (Lipinski definition) is 3. The van der Waals surface area contributed by atoms with Gasteiger partial charge in [0.1, 0.15) is 0 Å². The van der Waals surface area contributed by atoms with E-state index in [0.29, 0.717) is 18.9 Å². The first-order chi connectivity index (χ1) is 9.13. The zero-order chi connectivity index (χ0) is 14.1. The molecule has 1 aliphatic rings. The monoisotopic (exact) mass is 265 g/mol. The maximum Gasteiger partial charge on any atom is 0.221 e. The lowest BCUT2D eigenvalue weighted by molar-refractivity contribution is -0.121. The summed E-state index contributed by atoms with van der Waals surface area (Å²) in [5.41, 5.74) is 0. The molecule has 19 heavy (non-hydrogen) atoms. The molecule has 108 valence electrons. The Morgan fingerprint density at radius 2 is 2.05 bits per heavy atom. The molecule has 0 aromatic carbocycles. The summed E-state index contributed by atoms with van der Waals surface area (Å²) in [6, 6.07) is 2.68. The van der Waals surface area contributed by atoms with Crippen molar-refractivity contribution in [2.45, 2.75) is 58.4 Å². The smallest absolute Gasteiger partial charge is 0.221 e. The SMILES string of the molecule is CC(C)CNC(=O)CCNC1CCCCCC1C#N. The molecule has 0 heterocycles. The first-order valence-electron chi connectivity index (χ1n) is 7.53. The summed E-state index contributed by atoms with van der Waals surface area (Å²) >= 11 is 0. The molecule has 1 aliphatic carbocycles. The normalized spacial score (nSPS) is 23.7. The van der Waals surface area contributed by atoms with Crippen LogP contribution in [0.3, 0.4) is 0 Å². The molecular formula is C15H27N3O. The molecule has 4 nitrogen and oxygen atoms in total. The molecule has 2 unspecified atom stereocenters. The van der Waals surface area contributed by atoms with Crippen LogP contribution in [0.15, 0.2) is 0 Å². The van der Waals surface area contributed by atoms with Gasteiger partial charge < -0.3 is 10.6 Å². The minimum atomic E-state index is 0.100. The Morgan fingerprint density at radius 1 is 1.32 bits per heavy atom. The third-order valence-corrected chi connectivity index (χ3v) is 3.65. The Labute approximate surface area is 116 Å².